The lowest BCUT2D eigenvalue weighted by molar-refractivity contribution is -0.877. The highest BCUT2D eigenvalue weighted by molar-refractivity contribution is 5.44. The smallest absolute Gasteiger partial charge is 0.119 e. The normalized spacial score (nSPS) is 31.9. The molecule has 0 spiro atoms. The van der Waals surface area contributed by atoms with Crippen LogP contribution in [0.1, 0.15) is 50.2 Å². The topological polar surface area (TPSA) is 32.3 Å². The van der Waals surface area contributed by atoms with Gasteiger partial charge < -0.3 is 14.6 Å². The molecule has 1 aromatic rings. The minimum atomic E-state index is -0.183. The Balaban J connectivity index is 2.16. The molecule has 22 heavy (non-hydrogen) atoms. The van der Waals surface area contributed by atoms with Gasteiger partial charge in [-0.05, 0) is 49.4 Å². The lowest BCUT2D eigenvalue weighted by Crippen LogP contribution is -2.61. The van der Waals surface area contributed by atoms with Crippen molar-refractivity contribution in [3.05, 3.63) is 34.5 Å². The van der Waals surface area contributed by atoms with Crippen molar-refractivity contribution < 1.29 is 9.38 Å². The van der Waals surface area contributed by atoms with Crippen LogP contribution in [0.3, 0.4) is 0 Å². The van der Waals surface area contributed by atoms with Gasteiger partial charge >= 0.3 is 0 Å². The molecule has 1 aromatic carbocycles. The van der Waals surface area contributed by atoms with Gasteiger partial charge in [0.2, 0.25) is 0 Å². The SMILES string of the molecule is COc1ccc2c(c1)[C@@]1(C)CCCCCC(C2)[C@@H]1[N+](C)(C)[O-]. The number of methoxy groups -OCH3 is 1. The van der Waals surface area contributed by atoms with Crippen LogP contribution in [-0.4, -0.2) is 31.9 Å². The summed E-state index contributed by atoms with van der Waals surface area (Å²) in [6.45, 7) is 2.32. The molecule has 0 aromatic heterocycles. The molecule has 1 fully saturated rings. The molecular formula is C19H29NO2. The van der Waals surface area contributed by atoms with E-state index >= 15 is 0 Å². The van der Waals surface area contributed by atoms with Crippen LogP contribution in [0.25, 0.3) is 0 Å². The zero-order valence-electron chi connectivity index (χ0n) is 14.4. The van der Waals surface area contributed by atoms with Crippen LogP contribution in [0, 0.1) is 11.1 Å². The number of fused-ring (bicyclic) bond motifs is 4. The van der Waals surface area contributed by atoms with E-state index in [1.54, 1.807) is 7.11 Å². The number of benzene rings is 1. The lowest BCUT2D eigenvalue weighted by atomic mass is 9.59. The van der Waals surface area contributed by atoms with E-state index in [4.69, 9.17) is 4.74 Å². The third-order valence-corrected chi connectivity index (χ3v) is 5.95. The third-order valence-electron chi connectivity index (χ3n) is 5.95. The number of hydroxylamine groups is 3. The second-order valence-corrected chi connectivity index (χ2v) is 7.88. The van der Waals surface area contributed by atoms with E-state index in [9.17, 15) is 5.21 Å². The summed E-state index contributed by atoms with van der Waals surface area (Å²) in [5, 5.41) is 13.0. The van der Waals surface area contributed by atoms with Gasteiger partial charge in [-0.15, -0.1) is 0 Å². The first-order chi connectivity index (χ1) is 10.4. The molecule has 0 saturated heterocycles. The summed E-state index contributed by atoms with van der Waals surface area (Å²) in [4.78, 5) is 0. The molecule has 2 aliphatic carbocycles. The molecule has 2 aliphatic rings. The molecule has 3 heteroatoms. The molecule has 3 rings (SSSR count). The number of hydrogen-bond acceptors (Lipinski definition) is 2. The molecular weight excluding hydrogens is 274 g/mol. The summed E-state index contributed by atoms with van der Waals surface area (Å²) in [7, 11) is 5.39. The maximum Gasteiger partial charge on any atom is 0.119 e. The van der Waals surface area contributed by atoms with Gasteiger partial charge in [-0.2, -0.15) is 0 Å². The van der Waals surface area contributed by atoms with Crippen molar-refractivity contribution in [2.24, 2.45) is 5.92 Å². The zero-order valence-corrected chi connectivity index (χ0v) is 14.4. The van der Waals surface area contributed by atoms with E-state index in [1.807, 2.05) is 14.1 Å². The Morgan fingerprint density at radius 3 is 2.68 bits per heavy atom. The van der Waals surface area contributed by atoms with Gasteiger partial charge in [0.15, 0.2) is 0 Å². The minimum Gasteiger partial charge on any atom is -0.633 e. The van der Waals surface area contributed by atoms with Crippen LogP contribution < -0.4 is 4.74 Å². The average Bonchev–Trinajstić information content (AvgIpc) is 2.43. The van der Waals surface area contributed by atoms with Crippen LogP contribution in [0.15, 0.2) is 18.2 Å². The van der Waals surface area contributed by atoms with E-state index in [0.717, 1.165) is 18.6 Å². The van der Waals surface area contributed by atoms with Crippen LogP contribution in [0.5, 0.6) is 5.75 Å². The monoisotopic (exact) mass is 303 g/mol. The Kier molecular flexibility index (Phi) is 3.98. The Hall–Kier alpha value is -1.06. The fourth-order valence-corrected chi connectivity index (χ4v) is 5.28. The quantitative estimate of drug-likeness (QED) is 0.610. The number of rotatable bonds is 2. The van der Waals surface area contributed by atoms with Crippen LogP contribution in [0.4, 0.5) is 0 Å². The van der Waals surface area contributed by atoms with Gasteiger partial charge in [0.25, 0.3) is 0 Å². The van der Waals surface area contributed by atoms with Crippen molar-refractivity contribution >= 4 is 0 Å². The summed E-state index contributed by atoms with van der Waals surface area (Å²) in [5.74, 6) is 1.41. The van der Waals surface area contributed by atoms with Gasteiger partial charge in [0.05, 0.1) is 21.2 Å². The number of hydrogen-bond donors (Lipinski definition) is 0. The Morgan fingerprint density at radius 2 is 2.00 bits per heavy atom. The van der Waals surface area contributed by atoms with E-state index in [0.29, 0.717) is 5.92 Å². The molecule has 0 aliphatic heterocycles. The maximum absolute atomic E-state index is 13.0. The fourth-order valence-electron chi connectivity index (χ4n) is 5.28. The number of ether oxygens (including phenoxy) is 1. The van der Waals surface area contributed by atoms with E-state index in [-0.39, 0.29) is 16.1 Å². The van der Waals surface area contributed by atoms with Crippen LogP contribution >= 0.6 is 0 Å². The first-order valence-corrected chi connectivity index (χ1v) is 8.58. The lowest BCUT2D eigenvalue weighted by Gasteiger charge is -2.57. The highest BCUT2D eigenvalue weighted by Gasteiger charge is 2.51. The van der Waals surface area contributed by atoms with Crippen molar-refractivity contribution in [1.29, 1.82) is 0 Å². The van der Waals surface area contributed by atoms with E-state index < -0.39 is 0 Å². The Morgan fingerprint density at radius 1 is 1.23 bits per heavy atom. The van der Waals surface area contributed by atoms with Crippen molar-refractivity contribution in [2.75, 3.05) is 21.2 Å². The molecule has 0 amide bonds. The molecule has 0 N–H and O–H groups in total. The van der Waals surface area contributed by atoms with Crippen molar-refractivity contribution in [3.63, 3.8) is 0 Å². The van der Waals surface area contributed by atoms with Gasteiger partial charge in [-0.1, -0.05) is 25.3 Å². The zero-order chi connectivity index (χ0) is 16.0. The van der Waals surface area contributed by atoms with Gasteiger partial charge in [-0.25, -0.2) is 0 Å². The number of nitrogens with zero attached hydrogens (tertiary/aromatic N) is 1. The molecule has 0 heterocycles. The standard InChI is InChI=1S/C19H29NO2/c1-19-11-7-5-6-8-15(18(19)20(2,3)21)12-14-9-10-16(22-4)13-17(14)19/h9-10,13,15,18H,5-8,11-12H2,1-4H3/t15?,18-,19+/m0/s1. The molecule has 1 saturated carbocycles. The first kappa shape index (κ1) is 15.8. The third kappa shape index (κ3) is 2.55. The second-order valence-electron chi connectivity index (χ2n) is 7.88. The van der Waals surface area contributed by atoms with Gasteiger partial charge in [0.1, 0.15) is 11.8 Å². The predicted molar refractivity (Wildman–Crippen MR) is 89.9 cm³/mol. The number of quaternary nitrogens is 1. The maximum atomic E-state index is 13.0. The van der Waals surface area contributed by atoms with Gasteiger partial charge in [0, 0.05) is 11.3 Å². The average molecular weight is 303 g/mol. The largest absolute Gasteiger partial charge is 0.633 e. The second kappa shape index (κ2) is 5.54. The summed E-state index contributed by atoms with van der Waals surface area (Å²) in [6, 6.07) is 6.63. The minimum absolute atomic E-state index is 0.0432. The van der Waals surface area contributed by atoms with Crippen LogP contribution in [0.2, 0.25) is 0 Å². The van der Waals surface area contributed by atoms with E-state index in [1.165, 1.54) is 36.8 Å². The summed E-state index contributed by atoms with van der Waals surface area (Å²) in [6.07, 6.45) is 7.13. The Labute approximate surface area is 134 Å². The molecule has 2 bridgehead atoms. The predicted octanol–water partition coefficient (Wildman–Crippen LogP) is 4.03. The highest BCUT2D eigenvalue weighted by Crippen LogP contribution is 2.50. The first-order valence-electron chi connectivity index (χ1n) is 8.58. The Bertz CT molecular complexity index is 549. The summed E-state index contributed by atoms with van der Waals surface area (Å²) >= 11 is 0. The van der Waals surface area contributed by atoms with Crippen molar-refractivity contribution in [2.45, 2.75) is 56.9 Å². The highest BCUT2D eigenvalue weighted by atomic mass is 16.5. The molecule has 3 atom stereocenters. The molecule has 3 nitrogen and oxygen atoms in total. The molecule has 0 radical (unpaired) electrons. The van der Waals surface area contributed by atoms with Crippen LogP contribution in [-0.2, 0) is 11.8 Å². The van der Waals surface area contributed by atoms with Gasteiger partial charge in [-0.3, -0.25) is 0 Å². The van der Waals surface area contributed by atoms with E-state index in [2.05, 4.69) is 25.1 Å². The van der Waals surface area contributed by atoms with Crippen molar-refractivity contribution in [1.82, 2.24) is 0 Å². The summed E-state index contributed by atoms with van der Waals surface area (Å²) < 4.78 is 5.27. The molecule has 122 valence electrons. The molecule has 1 unspecified atom stereocenters. The summed E-state index contributed by atoms with van der Waals surface area (Å²) in [5.41, 5.74) is 2.75. The fraction of sp³-hybridized carbons (Fsp3) is 0.684. The number of likely N-dealkylation sites (N-methyl/N-ethyl adjacent to an activating group) is 1. The van der Waals surface area contributed by atoms with Crippen molar-refractivity contribution in [3.8, 4) is 5.75 Å².